The van der Waals surface area contributed by atoms with Crippen LogP contribution < -0.4 is 26.6 Å². The van der Waals surface area contributed by atoms with Crippen molar-refractivity contribution >= 4 is 46.2 Å². The first kappa shape index (κ1) is 31.7. The van der Waals surface area contributed by atoms with E-state index in [4.69, 9.17) is 4.74 Å². The number of ether oxygens (including phenoxy) is 1. The number of amides is 5. The first-order chi connectivity index (χ1) is 20.0. The molecule has 14 heteroatoms. The fraction of sp³-hybridized carbons (Fsp3) is 0.321. The molecule has 42 heavy (non-hydrogen) atoms. The van der Waals surface area contributed by atoms with Crippen LogP contribution in [0.4, 0.5) is 9.93 Å². The zero-order chi connectivity index (χ0) is 30.5. The highest BCUT2D eigenvalue weighted by Gasteiger charge is 2.27. The normalized spacial score (nSPS) is 11.5. The largest absolute Gasteiger partial charge is 0.460 e. The van der Waals surface area contributed by atoms with Crippen LogP contribution in [-0.2, 0) is 32.2 Å². The van der Waals surface area contributed by atoms with Gasteiger partial charge in [-0.2, -0.15) is 0 Å². The number of rotatable bonds is 12. The monoisotopic (exact) mass is 595 g/mol. The third-order valence-corrected chi connectivity index (χ3v) is 6.05. The number of esters is 1. The predicted octanol–water partition coefficient (Wildman–Crippen LogP) is 2.12. The van der Waals surface area contributed by atoms with Crippen LogP contribution in [0.15, 0.2) is 60.2 Å². The fourth-order valence-corrected chi connectivity index (χ4v) is 4.11. The van der Waals surface area contributed by atoms with Gasteiger partial charge in [-0.1, -0.05) is 36.4 Å². The number of pyridine rings is 1. The Labute approximate surface area is 246 Å². The molecule has 2 heterocycles. The van der Waals surface area contributed by atoms with Crippen molar-refractivity contribution in [1.29, 1.82) is 0 Å². The molecule has 222 valence electrons. The van der Waals surface area contributed by atoms with Crippen molar-refractivity contribution in [2.45, 2.75) is 51.9 Å². The zero-order valence-corrected chi connectivity index (χ0v) is 24.2. The Hall–Kier alpha value is -4.85. The Morgan fingerprint density at radius 2 is 1.64 bits per heavy atom. The number of carbonyl (C=O) groups is 5. The van der Waals surface area contributed by atoms with E-state index in [2.05, 4.69) is 36.6 Å². The lowest BCUT2D eigenvalue weighted by atomic mass is 10.1. The smallest absolute Gasteiger partial charge is 0.321 e. The molecule has 0 spiro atoms. The molecule has 0 unspecified atom stereocenters. The Morgan fingerprint density at radius 3 is 2.33 bits per heavy atom. The maximum atomic E-state index is 12.8. The lowest BCUT2D eigenvalue weighted by molar-refractivity contribution is -0.156. The number of thiazole rings is 1. The number of hydrogen-bond acceptors (Lipinski definition) is 9. The number of aromatic nitrogens is 2. The predicted molar refractivity (Wildman–Crippen MR) is 155 cm³/mol. The standard InChI is InChI=1S/C28H33N7O6S/c1-28(2,3)41-23(37)12-20(24(38)30-15-19-10-7-11-29-13-19)33-22(36)16-31-25(39)21-17-42-27(34-21)35-26(40)32-14-18-8-5-4-6-9-18/h4-11,13,17,20H,12,14-16H2,1-3H3,(H,30,38)(H,31,39)(H,33,36)(H2,32,34,35,40)/t20-/m0/s1. The van der Waals surface area contributed by atoms with E-state index in [9.17, 15) is 24.0 Å². The molecule has 2 aromatic heterocycles. The number of nitrogens with one attached hydrogen (secondary N) is 5. The van der Waals surface area contributed by atoms with Gasteiger partial charge in [0.05, 0.1) is 13.0 Å². The molecule has 0 fully saturated rings. The number of anilines is 1. The highest BCUT2D eigenvalue weighted by atomic mass is 32.1. The van der Waals surface area contributed by atoms with Crippen LogP contribution in [0.2, 0.25) is 0 Å². The lowest BCUT2D eigenvalue weighted by Gasteiger charge is -2.22. The van der Waals surface area contributed by atoms with Crippen LogP contribution >= 0.6 is 11.3 Å². The number of nitrogens with zero attached hydrogens (tertiary/aromatic N) is 2. The van der Waals surface area contributed by atoms with Gasteiger partial charge in [0.1, 0.15) is 17.3 Å². The average Bonchev–Trinajstić information content (AvgIpc) is 3.41. The average molecular weight is 596 g/mol. The maximum absolute atomic E-state index is 12.8. The molecule has 0 aliphatic carbocycles. The molecule has 0 saturated carbocycles. The van der Waals surface area contributed by atoms with Gasteiger partial charge in [-0.05, 0) is 38.0 Å². The molecule has 1 atom stereocenters. The molecule has 0 aliphatic heterocycles. The summed E-state index contributed by atoms with van der Waals surface area (Å²) in [5.74, 6) is -2.65. The summed E-state index contributed by atoms with van der Waals surface area (Å²) >= 11 is 1.04. The fourth-order valence-electron chi connectivity index (χ4n) is 3.43. The van der Waals surface area contributed by atoms with Gasteiger partial charge in [0.2, 0.25) is 11.8 Å². The van der Waals surface area contributed by atoms with Crippen molar-refractivity contribution in [2.24, 2.45) is 0 Å². The first-order valence-electron chi connectivity index (χ1n) is 13.0. The Morgan fingerprint density at radius 1 is 0.929 bits per heavy atom. The van der Waals surface area contributed by atoms with E-state index in [0.29, 0.717) is 6.54 Å². The topological polar surface area (TPSA) is 181 Å². The summed E-state index contributed by atoms with van der Waals surface area (Å²) in [5, 5.41) is 14.4. The van der Waals surface area contributed by atoms with E-state index in [1.54, 1.807) is 45.3 Å². The van der Waals surface area contributed by atoms with Crippen molar-refractivity contribution in [3.63, 3.8) is 0 Å². The van der Waals surface area contributed by atoms with Crippen molar-refractivity contribution in [2.75, 3.05) is 11.9 Å². The van der Waals surface area contributed by atoms with Gasteiger partial charge >= 0.3 is 12.0 Å². The molecule has 1 aromatic carbocycles. The van der Waals surface area contributed by atoms with Crippen LogP contribution in [0.5, 0.6) is 0 Å². The number of benzene rings is 1. The Balaban J connectivity index is 1.50. The molecular formula is C28H33N7O6S. The molecule has 0 bridgehead atoms. The van der Waals surface area contributed by atoms with E-state index < -0.39 is 54.3 Å². The lowest BCUT2D eigenvalue weighted by Crippen LogP contribution is -2.50. The minimum atomic E-state index is -1.25. The second-order valence-electron chi connectivity index (χ2n) is 10.0. The Bertz CT molecular complexity index is 1380. The van der Waals surface area contributed by atoms with Crippen LogP contribution in [0.1, 0.15) is 48.8 Å². The molecule has 13 nitrogen and oxygen atoms in total. The second kappa shape index (κ2) is 15.2. The highest BCUT2D eigenvalue weighted by Crippen LogP contribution is 2.15. The summed E-state index contributed by atoms with van der Waals surface area (Å²) in [5.41, 5.74) is 0.858. The second-order valence-corrected chi connectivity index (χ2v) is 10.9. The van der Waals surface area contributed by atoms with E-state index in [-0.39, 0.29) is 17.4 Å². The molecule has 0 aliphatic rings. The van der Waals surface area contributed by atoms with Gasteiger partial charge in [-0.15, -0.1) is 11.3 Å². The van der Waals surface area contributed by atoms with E-state index in [0.717, 1.165) is 22.5 Å². The number of hydrogen-bond donors (Lipinski definition) is 5. The van der Waals surface area contributed by atoms with Gasteiger partial charge in [0.15, 0.2) is 5.13 Å². The van der Waals surface area contributed by atoms with Crippen molar-refractivity contribution in [3.05, 3.63) is 77.1 Å². The molecule has 3 rings (SSSR count). The van der Waals surface area contributed by atoms with Gasteiger partial charge in [0.25, 0.3) is 5.91 Å². The van der Waals surface area contributed by atoms with Gasteiger partial charge < -0.3 is 26.0 Å². The summed E-state index contributed by atoms with van der Waals surface area (Å²) < 4.78 is 5.29. The summed E-state index contributed by atoms with van der Waals surface area (Å²) in [6.45, 7) is 5.02. The summed E-state index contributed by atoms with van der Waals surface area (Å²) in [6.07, 6.45) is 2.76. The van der Waals surface area contributed by atoms with Crippen molar-refractivity contribution < 1.29 is 28.7 Å². The third kappa shape index (κ3) is 11.3. The summed E-state index contributed by atoms with van der Waals surface area (Å²) in [4.78, 5) is 70.6. The Kier molecular flexibility index (Phi) is 11.5. The molecule has 5 amide bonds. The number of carbonyl (C=O) groups excluding carboxylic acids is 5. The van der Waals surface area contributed by atoms with E-state index >= 15 is 0 Å². The minimum absolute atomic E-state index is 0.00863. The van der Waals surface area contributed by atoms with Gasteiger partial charge in [-0.3, -0.25) is 29.5 Å². The van der Waals surface area contributed by atoms with Crippen LogP contribution in [0, 0.1) is 0 Å². The van der Waals surface area contributed by atoms with Gasteiger partial charge in [-0.25, -0.2) is 9.78 Å². The molecule has 0 radical (unpaired) electrons. The van der Waals surface area contributed by atoms with Gasteiger partial charge in [0, 0.05) is 30.9 Å². The third-order valence-electron chi connectivity index (χ3n) is 5.29. The van der Waals surface area contributed by atoms with Crippen LogP contribution in [-0.4, -0.2) is 57.9 Å². The summed E-state index contributed by atoms with van der Waals surface area (Å²) in [7, 11) is 0. The summed E-state index contributed by atoms with van der Waals surface area (Å²) in [6, 6.07) is 11.1. The molecule has 5 N–H and O–H groups in total. The molecule has 0 saturated heterocycles. The van der Waals surface area contributed by atoms with Crippen LogP contribution in [0.3, 0.4) is 0 Å². The SMILES string of the molecule is CC(C)(C)OC(=O)C[C@H](NC(=O)CNC(=O)c1csc(NC(=O)NCc2ccccc2)n1)C(=O)NCc1cccnc1. The zero-order valence-electron chi connectivity index (χ0n) is 23.4. The first-order valence-corrected chi connectivity index (χ1v) is 13.9. The minimum Gasteiger partial charge on any atom is -0.460 e. The van der Waals surface area contributed by atoms with E-state index in [1.807, 2.05) is 30.3 Å². The van der Waals surface area contributed by atoms with Crippen molar-refractivity contribution in [1.82, 2.24) is 31.2 Å². The maximum Gasteiger partial charge on any atom is 0.321 e. The number of urea groups is 1. The van der Waals surface area contributed by atoms with E-state index in [1.165, 1.54) is 5.38 Å². The quantitative estimate of drug-likeness (QED) is 0.197. The molecular weight excluding hydrogens is 562 g/mol. The highest BCUT2D eigenvalue weighted by molar-refractivity contribution is 7.14. The molecule has 3 aromatic rings. The van der Waals surface area contributed by atoms with Crippen molar-refractivity contribution in [3.8, 4) is 0 Å². The van der Waals surface area contributed by atoms with Crippen LogP contribution in [0.25, 0.3) is 0 Å².